The minimum Gasteiger partial charge on any atom is -0.652 e. The van der Waals surface area contributed by atoms with Crippen LogP contribution in [0.15, 0.2) is 0 Å². The van der Waals surface area contributed by atoms with Gasteiger partial charge < -0.3 is 29.7 Å². The fourth-order valence-electron chi connectivity index (χ4n) is 0. The number of rotatable bonds is 0. The van der Waals surface area contributed by atoms with E-state index in [0.29, 0.717) is 0 Å². The number of hydrogen-bond donors (Lipinski definition) is 3. The molecule has 0 aliphatic heterocycles. The van der Waals surface area contributed by atoms with Crippen molar-refractivity contribution in [2.75, 3.05) is 0 Å². The van der Waals surface area contributed by atoms with Crippen LogP contribution in [-0.2, 0) is 4.57 Å². The first kappa shape index (κ1) is 22.7. The van der Waals surface area contributed by atoms with Gasteiger partial charge in [-0.1, -0.05) is 0 Å². The van der Waals surface area contributed by atoms with E-state index >= 15 is 0 Å². The molecule has 0 rings (SSSR count). The number of carboxylic acid groups (broad SMARTS) is 2. The molecule has 11 heavy (non-hydrogen) atoms. The average molecular weight is 188 g/mol. The summed E-state index contributed by atoms with van der Waals surface area (Å²) < 4.78 is 8.88. The maximum Gasteiger partial charge on any atom is 1.00 e. The van der Waals surface area contributed by atoms with Crippen LogP contribution in [0.1, 0.15) is 0 Å². The molecule has 0 fully saturated rings. The smallest absolute Gasteiger partial charge is 0.652 e. The van der Waals surface area contributed by atoms with Gasteiger partial charge in [0.1, 0.15) is 0 Å². The molecule has 0 saturated carbocycles. The van der Waals surface area contributed by atoms with Crippen molar-refractivity contribution in [2.45, 2.75) is 0 Å². The maximum atomic E-state index is 8.88. The van der Waals surface area contributed by atoms with E-state index in [0.717, 1.165) is 0 Å². The molecule has 0 saturated heterocycles. The van der Waals surface area contributed by atoms with Crippen molar-refractivity contribution in [1.29, 1.82) is 0 Å². The second-order valence-corrected chi connectivity index (χ2v) is 1.79. The van der Waals surface area contributed by atoms with E-state index in [-0.39, 0.29) is 48.4 Å². The molecule has 0 aromatic rings. The summed E-state index contributed by atoms with van der Waals surface area (Å²) in [6.07, 6.45) is -2.33. The molecule has 0 unspecified atom stereocenters. The molecule has 0 aromatic carbocycles. The molecule has 0 aliphatic carbocycles. The summed E-state index contributed by atoms with van der Waals surface area (Å²) in [5.41, 5.74) is 0. The fourth-order valence-corrected chi connectivity index (χ4v) is 0. The van der Waals surface area contributed by atoms with E-state index in [2.05, 4.69) is 0 Å². The minimum absolute atomic E-state index is 0. The summed E-state index contributed by atoms with van der Waals surface area (Å²) in [6, 6.07) is 0. The van der Waals surface area contributed by atoms with E-state index in [4.69, 9.17) is 34.3 Å². The summed E-state index contributed by atoms with van der Waals surface area (Å²) >= 11 is 0. The van der Waals surface area contributed by atoms with Crippen LogP contribution in [-0.4, -0.2) is 20.8 Å². The third kappa shape index (κ3) is 926. The molecular formula is CH3LiNaO7P. The van der Waals surface area contributed by atoms with Gasteiger partial charge in [0.15, 0.2) is 0 Å². The summed E-state index contributed by atoms with van der Waals surface area (Å²) in [6.45, 7) is 0. The van der Waals surface area contributed by atoms with Crippen LogP contribution in [0.25, 0.3) is 0 Å². The molecule has 0 spiro atoms. The Kier molecular flexibility index (Phi) is 22.6. The molecule has 56 valence electrons. The Bertz CT molecular complexity index is 118. The Morgan fingerprint density at radius 3 is 1.18 bits per heavy atom. The van der Waals surface area contributed by atoms with Crippen LogP contribution in [0.3, 0.4) is 0 Å². The largest absolute Gasteiger partial charge is 1.00 e. The van der Waals surface area contributed by atoms with Gasteiger partial charge in [-0.25, -0.2) is 4.57 Å². The van der Waals surface area contributed by atoms with Gasteiger partial charge in [-0.2, -0.15) is 0 Å². The molecule has 0 aromatic heterocycles. The van der Waals surface area contributed by atoms with Gasteiger partial charge in [0, 0.05) is 0 Å². The number of phosphoric acid groups is 1. The molecule has 10 heteroatoms. The zero-order valence-corrected chi connectivity index (χ0v) is 8.82. The maximum absolute atomic E-state index is 8.88. The molecular weight excluding hydrogens is 185 g/mol. The van der Waals surface area contributed by atoms with E-state index in [9.17, 15) is 0 Å². The van der Waals surface area contributed by atoms with Gasteiger partial charge in [0.2, 0.25) is 0 Å². The first-order chi connectivity index (χ1) is 3.73. The third-order valence-corrected chi connectivity index (χ3v) is 0. The standard InChI is InChI=1S/CH2O3.Li.Na.H3O4P/c2-1(3)4;;;1-5(2,3)4/h(H2,2,3,4);;;(H3,1,2,3,4)/q;2*+1;/p-2. The van der Waals surface area contributed by atoms with E-state index in [1.54, 1.807) is 0 Å². The molecule has 7 nitrogen and oxygen atoms in total. The van der Waals surface area contributed by atoms with Gasteiger partial charge in [0.05, 0.1) is 0 Å². The zero-order chi connectivity index (χ0) is 8.08. The van der Waals surface area contributed by atoms with Crippen molar-refractivity contribution in [1.82, 2.24) is 0 Å². The van der Waals surface area contributed by atoms with Crippen molar-refractivity contribution in [2.24, 2.45) is 0 Å². The van der Waals surface area contributed by atoms with Crippen molar-refractivity contribution in [3.63, 3.8) is 0 Å². The van der Waals surface area contributed by atoms with Gasteiger partial charge in [0.25, 0.3) is 0 Å². The Morgan fingerprint density at radius 1 is 1.18 bits per heavy atom. The first-order valence-corrected chi connectivity index (χ1v) is 2.96. The molecule has 0 amide bonds. The van der Waals surface area contributed by atoms with Gasteiger partial charge in [-0.3, -0.25) is 0 Å². The van der Waals surface area contributed by atoms with Crippen LogP contribution < -0.4 is 58.6 Å². The van der Waals surface area contributed by atoms with Crippen molar-refractivity contribution in [3.05, 3.63) is 0 Å². The second kappa shape index (κ2) is 11.0. The Morgan fingerprint density at radius 2 is 1.18 bits per heavy atom. The van der Waals surface area contributed by atoms with Crippen LogP contribution in [0, 0.1) is 0 Å². The van der Waals surface area contributed by atoms with Gasteiger partial charge in [-0.15, -0.1) is 0 Å². The first-order valence-electron chi connectivity index (χ1n) is 1.39. The molecule has 0 aliphatic rings. The third-order valence-electron chi connectivity index (χ3n) is 0. The predicted octanol–water partition coefficient (Wildman–Crippen LogP) is -9.37. The van der Waals surface area contributed by atoms with E-state index in [1.807, 2.05) is 0 Å². The Balaban J connectivity index is -0.0000000383. The molecule has 0 bridgehead atoms. The van der Waals surface area contributed by atoms with E-state index in [1.165, 1.54) is 0 Å². The van der Waals surface area contributed by atoms with Crippen LogP contribution in [0.4, 0.5) is 4.79 Å². The molecule has 0 heterocycles. The monoisotopic (exact) mass is 188 g/mol. The molecule has 0 radical (unpaired) electrons. The summed E-state index contributed by atoms with van der Waals surface area (Å²) in [4.78, 5) is 29.9. The van der Waals surface area contributed by atoms with Crippen LogP contribution in [0.2, 0.25) is 0 Å². The average Bonchev–Trinajstić information content (AvgIpc) is 1.19. The van der Waals surface area contributed by atoms with Crippen LogP contribution in [0.5, 0.6) is 0 Å². The summed E-state index contributed by atoms with van der Waals surface area (Å²) in [5, 5.41) is 16.7. The number of carbonyl (C=O) groups is 1. The minimum atomic E-state index is -4.64. The Labute approximate surface area is 96.1 Å². The molecule has 0 atom stereocenters. The van der Waals surface area contributed by atoms with Gasteiger partial charge >= 0.3 is 56.2 Å². The van der Waals surface area contributed by atoms with Gasteiger partial charge in [-0.05, 0) is 6.16 Å². The predicted molar refractivity (Wildman–Crippen MR) is 19.7 cm³/mol. The van der Waals surface area contributed by atoms with Crippen molar-refractivity contribution in [3.8, 4) is 0 Å². The Hall–Kier alpha value is 0.977. The van der Waals surface area contributed by atoms with E-state index < -0.39 is 14.0 Å². The number of hydrogen-bond acceptors (Lipinski definition) is 4. The van der Waals surface area contributed by atoms with Crippen molar-refractivity contribution >= 4 is 14.0 Å². The zero-order valence-electron chi connectivity index (χ0n) is 5.92. The normalized spacial score (nSPS) is 7.55. The van der Waals surface area contributed by atoms with Crippen molar-refractivity contribution < 1.29 is 82.7 Å². The molecule has 3 N–H and O–H groups in total. The second-order valence-electron chi connectivity index (χ2n) is 0.763. The topological polar surface area (TPSA) is 141 Å². The van der Waals surface area contributed by atoms with Crippen LogP contribution >= 0.6 is 7.82 Å². The SMILES string of the molecule is O=C([O-])[O-].O=P(O)(O)O.[Li+].[Na+]. The fraction of sp³-hybridized carbons (Fsp3) is 0. The quantitative estimate of drug-likeness (QED) is 0.253. The summed E-state index contributed by atoms with van der Waals surface area (Å²) in [7, 11) is -4.64. The number of carbonyl (C=O) groups excluding carboxylic acids is 1. The summed E-state index contributed by atoms with van der Waals surface area (Å²) in [5.74, 6) is 0.